The van der Waals surface area contributed by atoms with E-state index in [9.17, 15) is 0 Å². The van der Waals surface area contributed by atoms with E-state index in [0.717, 1.165) is 25.7 Å². The molecule has 2 N–H and O–H groups in total. The summed E-state index contributed by atoms with van der Waals surface area (Å²) in [5.41, 5.74) is 5.48. The number of nitrogens with zero attached hydrogens (tertiary/aromatic N) is 2. The first-order valence-electron chi connectivity index (χ1n) is 5.21. The lowest BCUT2D eigenvalue weighted by Crippen LogP contribution is -2.07. The van der Waals surface area contributed by atoms with E-state index in [4.69, 9.17) is 10.5 Å². The minimum absolute atomic E-state index is 0.572. The Hall–Kier alpha value is -1.03. The largest absolute Gasteiger partial charge is 0.382 e. The Morgan fingerprint density at radius 3 is 3.00 bits per heavy atom. The number of nitrogen functional groups attached to an aromatic ring is 1. The highest BCUT2D eigenvalue weighted by Gasteiger charge is 2.20. The van der Waals surface area contributed by atoms with Crippen LogP contribution in [0.25, 0.3) is 0 Å². The van der Waals surface area contributed by atoms with Crippen molar-refractivity contribution in [2.45, 2.75) is 25.8 Å². The highest BCUT2D eigenvalue weighted by molar-refractivity contribution is 5.23. The fraction of sp³-hybridized carbons (Fsp3) is 0.700. The van der Waals surface area contributed by atoms with E-state index >= 15 is 0 Å². The number of hydrogen-bond acceptors (Lipinski definition) is 3. The van der Waals surface area contributed by atoms with Gasteiger partial charge < -0.3 is 10.5 Å². The minimum atomic E-state index is 0.572. The van der Waals surface area contributed by atoms with Crippen LogP contribution < -0.4 is 5.73 Å². The number of nitrogens with two attached hydrogens (primary N) is 1. The van der Waals surface area contributed by atoms with Gasteiger partial charge in [0.1, 0.15) is 5.82 Å². The van der Waals surface area contributed by atoms with Crippen LogP contribution in [-0.4, -0.2) is 23.0 Å². The van der Waals surface area contributed by atoms with Gasteiger partial charge in [0.15, 0.2) is 0 Å². The Kier molecular flexibility index (Phi) is 3.03. The lowest BCUT2D eigenvalue weighted by molar-refractivity contribution is 0.118. The third kappa shape index (κ3) is 3.03. The van der Waals surface area contributed by atoms with Crippen molar-refractivity contribution in [2.24, 2.45) is 5.92 Å². The second-order valence-corrected chi connectivity index (χ2v) is 3.85. The van der Waals surface area contributed by atoms with Crippen molar-refractivity contribution in [3.63, 3.8) is 0 Å². The maximum atomic E-state index is 5.50. The van der Waals surface area contributed by atoms with Gasteiger partial charge in [-0.15, -0.1) is 0 Å². The summed E-state index contributed by atoms with van der Waals surface area (Å²) in [6.45, 7) is 2.41. The molecule has 1 saturated carbocycles. The average Bonchev–Trinajstić information content (AvgIpc) is 2.89. The van der Waals surface area contributed by atoms with Gasteiger partial charge in [-0.25, -0.2) is 0 Å². The van der Waals surface area contributed by atoms with E-state index < -0.39 is 0 Å². The first-order valence-corrected chi connectivity index (χ1v) is 5.21. The first kappa shape index (κ1) is 9.52. The van der Waals surface area contributed by atoms with Gasteiger partial charge in [0.25, 0.3) is 0 Å². The zero-order valence-corrected chi connectivity index (χ0v) is 8.35. The van der Waals surface area contributed by atoms with E-state index in [0.29, 0.717) is 5.82 Å². The lowest BCUT2D eigenvalue weighted by atomic mass is 10.3. The average molecular weight is 195 g/mol. The second kappa shape index (κ2) is 4.46. The molecule has 4 nitrogen and oxygen atoms in total. The quantitative estimate of drug-likeness (QED) is 0.696. The molecule has 1 aromatic heterocycles. The summed E-state index contributed by atoms with van der Waals surface area (Å²) in [6, 6.07) is 1.80. The Balaban J connectivity index is 1.53. The molecule has 0 radical (unpaired) electrons. The van der Waals surface area contributed by atoms with E-state index in [2.05, 4.69) is 5.10 Å². The normalized spacial score (nSPS) is 16.0. The number of rotatable bonds is 6. The third-order valence-corrected chi connectivity index (χ3v) is 2.49. The molecule has 0 aromatic carbocycles. The fourth-order valence-corrected chi connectivity index (χ4v) is 1.42. The van der Waals surface area contributed by atoms with Gasteiger partial charge in [0.2, 0.25) is 0 Å². The second-order valence-electron chi connectivity index (χ2n) is 3.85. The Labute approximate surface area is 84.0 Å². The van der Waals surface area contributed by atoms with Crippen LogP contribution in [0.3, 0.4) is 0 Å². The van der Waals surface area contributed by atoms with Crippen molar-refractivity contribution in [1.82, 2.24) is 9.78 Å². The lowest BCUT2D eigenvalue weighted by Gasteiger charge is -2.03. The fourth-order valence-electron chi connectivity index (χ4n) is 1.42. The molecule has 0 spiro atoms. The summed E-state index contributed by atoms with van der Waals surface area (Å²) in [4.78, 5) is 0. The monoisotopic (exact) mass is 195 g/mol. The van der Waals surface area contributed by atoms with Gasteiger partial charge in [0.05, 0.1) is 13.2 Å². The van der Waals surface area contributed by atoms with Gasteiger partial charge >= 0.3 is 0 Å². The van der Waals surface area contributed by atoms with Crippen LogP contribution in [0, 0.1) is 5.92 Å². The van der Waals surface area contributed by atoms with Crippen molar-refractivity contribution >= 4 is 5.82 Å². The van der Waals surface area contributed by atoms with Gasteiger partial charge in [0, 0.05) is 12.8 Å². The molecule has 0 saturated heterocycles. The van der Waals surface area contributed by atoms with Crippen molar-refractivity contribution in [2.75, 3.05) is 18.9 Å². The molecular formula is C10H17N3O. The molecule has 1 heterocycles. The van der Waals surface area contributed by atoms with Gasteiger partial charge in [-0.05, 0) is 18.4 Å². The van der Waals surface area contributed by atoms with E-state index in [1.54, 1.807) is 6.07 Å². The SMILES string of the molecule is Nc1ccn(CCOCCC2CC2)n1. The standard InChI is InChI=1S/C10H17N3O/c11-10-3-5-13(12-10)6-8-14-7-4-9-1-2-9/h3,5,9H,1-2,4,6-8H2,(H2,11,12). The minimum Gasteiger partial charge on any atom is -0.382 e. The molecule has 0 bridgehead atoms. The van der Waals surface area contributed by atoms with Crippen LogP contribution >= 0.6 is 0 Å². The molecule has 4 heteroatoms. The predicted octanol–water partition coefficient (Wildman–Crippen LogP) is 1.28. The van der Waals surface area contributed by atoms with Crippen LogP contribution in [0.5, 0.6) is 0 Å². The Bertz CT molecular complexity index is 281. The molecule has 78 valence electrons. The van der Waals surface area contributed by atoms with Crippen LogP contribution in [0.1, 0.15) is 19.3 Å². The maximum Gasteiger partial charge on any atom is 0.145 e. The molecule has 2 rings (SSSR count). The first-order chi connectivity index (χ1) is 6.84. The molecular weight excluding hydrogens is 178 g/mol. The van der Waals surface area contributed by atoms with Crippen molar-refractivity contribution < 1.29 is 4.74 Å². The smallest absolute Gasteiger partial charge is 0.145 e. The van der Waals surface area contributed by atoms with Gasteiger partial charge in [-0.3, -0.25) is 4.68 Å². The summed E-state index contributed by atoms with van der Waals surface area (Å²) < 4.78 is 7.31. The zero-order chi connectivity index (χ0) is 9.80. The number of ether oxygens (including phenoxy) is 1. The maximum absolute atomic E-state index is 5.50. The van der Waals surface area contributed by atoms with Gasteiger partial charge in [-0.2, -0.15) is 5.10 Å². The van der Waals surface area contributed by atoms with E-state index in [-0.39, 0.29) is 0 Å². The summed E-state index contributed by atoms with van der Waals surface area (Å²) in [7, 11) is 0. The molecule has 14 heavy (non-hydrogen) atoms. The summed E-state index contributed by atoms with van der Waals surface area (Å²) in [6.07, 6.45) is 5.90. The van der Waals surface area contributed by atoms with Crippen LogP contribution in [0.4, 0.5) is 5.82 Å². The molecule has 1 aromatic rings. The van der Waals surface area contributed by atoms with Crippen LogP contribution in [0.15, 0.2) is 12.3 Å². The number of hydrogen-bond donors (Lipinski definition) is 1. The number of anilines is 1. The number of aromatic nitrogens is 2. The zero-order valence-electron chi connectivity index (χ0n) is 8.35. The van der Waals surface area contributed by atoms with E-state index in [1.807, 2.05) is 10.9 Å². The predicted molar refractivity (Wildman–Crippen MR) is 54.8 cm³/mol. The van der Waals surface area contributed by atoms with Crippen molar-refractivity contribution in [3.05, 3.63) is 12.3 Å². The van der Waals surface area contributed by atoms with Gasteiger partial charge in [-0.1, -0.05) is 12.8 Å². The molecule has 0 atom stereocenters. The van der Waals surface area contributed by atoms with E-state index in [1.165, 1.54) is 19.3 Å². The topological polar surface area (TPSA) is 53.1 Å². The van der Waals surface area contributed by atoms with Crippen molar-refractivity contribution in [1.29, 1.82) is 0 Å². The summed E-state index contributed by atoms with van der Waals surface area (Å²) in [5.74, 6) is 1.53. The summed E-state index contributed by atoms with van der Waals surface area (Å²) in [5, 5.41) is 4.07. The molecule has 1 aliphatic carbocycles. The Morgan fingerprint density at radius 1 is 1.50 bits per heavy atom. The highest BCUT2D eigenvalue weighted by atomic mass is 16.5. The third-order valence-electron chi connectivity index (χ3n) is 2.49. The molecule has 0 amide bonds. The Morgan fingerprint density at radius 2 is 2.36 bits per heavy atom. The van der Waals surface area contributed by atoms with Crippen LogP contribution in [0.2, 0.25) is 0 Å². The molecule has 0 aliphatic heterocycles. The molecule has 1 fully saturated rings. The summed E-state index contributed by atoms with van der Waals surface area (Å²) >= 11 is 0. The van der Waals surface area contributed by atoms with Crippen molar-refractivity contribution in [3.8, 4) is 0 Å². The molecule has 0 unspecified atom stereocenters. The highest BCUT2D eigenvalue weighted by Crippen LogP contribution is 2.31. The van der Waals surface area contributed by atoms with Crippen LogP contribution in [-0.2, 0) is 11.3 Å². The molecule has 1 aliphatic rings.